The van der Waals surface area contributed by atoms with E-state index < -0.39 is 0 Å². The standard InChI is InChI=1S/C8H7NO2S/c1-11-8-9-6-3-2-5(10)4-7(6)12-8/h2-4,8H,1H3. The van der Waals surface area contributed by atoms with Gasteiger partial charge in [-0.3, -0.25) is 4.79 Å². The smallest absolute Gasteiger partial charge is 0.201 e. The van der Waals surface area contributed by atoms with E-state index in [1.807, 2.05) is 0 Å². The minimum atomic E-state index is -0.179. The summed E-state index contributed by atoms with van der Waals surface area (Å²) in [5.74, 6) is 0.0215. The molecule has 0 N–H and O–H groups in total. The molecule has 1 unspecified atom stereocenters. The summed E-state index contributed by atoms with van der Waals surface area (Å²) in [5.41, 5.74) is 0.674. The molecule has 3 nitrogen and oxygen atoms in total. The fourth-order valence-electron chi connectivity index (χ4n) is 1.04. The minimum absolute atomic E-state index is 0.0215. The van der Waals surface area contributed by atoms with Gasteiger partial charge in [0.2, 0.25) is 5.56 Å². The number of carbonyl (C=O) groups is 1. The maximum atomic E-state index is 10.9. The van der Waals surface area contributed by atoms with E-state index in [2.05, 4.69) is 4.99 Å². The Labute approximate surface area is 74.2 Å². The lowest BCUT2D eigenvalue weighted by Crippen LogP contribution is -2.01. The van der Waals surface area contributed by atoms with E-state index in [4.69, 9.17) is 4.74 Å². The number of thioether (sulfide) groups is 1. The third-order valence-electron chi connectivity index (χ3n) is 1.61. The molecule has 1 heterocycles. The summed E-state index contributed by atoms with van der Waals surface area (Å²) in [6.45, 7) is 0. The molecule has 0 saturated heterocycles. The zero-order chi connectivity index (χ0) is 8.55. The molecule has 0 aromatic rings. The molecule has 0 fully saturated rings. The SMILES string of the molecule is COC1N=C2C=CC(=O)C=C2S1. The van der Waals surface area contributed by atoms with Crippen molar-refractivity contribution in [2.45, 2.75) is 5.56 Å². The highest BCUT2D eigenvalue weighted by Gasteiger charge is 2.23. The Kier molecular flexibility index (Phi) is 1.86. The van der Waals surface area contributed by atoms with Gasteiger partial charge in [0.25, 0.3) is 0 Å². The van der Waals surface area contributed by atoms with E-state index in [1.54, 1.807) is 19.3 Å². The summed E-state index contributed by atoms with van der Waals surface area (Å²) in [4.78, 5) is 16.1. The quantitative estimate of drug-likeness (QED) is 0.569. The predicted molar refractivity (Wildman–Crippen MR) is 48.1 cm³/mol. The molecular weight excluding hydrogens is 174 g/mol. The topological polar surface area (TPSA) is 38.7 Å². The van der Waals surface area contributed by atoms with Gasteiger partial charge in [0, 0.05) is 18.1 Å². The molecule has 2 aliphatic rings. The molecule has 0 radical (unpaired) electrons. The molecular formula is C8H7NO2S. The number of allylic oxidation sites excluding steroid dienone is 4. The predicted octanol–water partition coefficient (Wildman–Crippen LogP) is 1.13. The van der Waals surface area contributed by atoms with E-state index >= 15 is 0 Å². The average Bonchev–Trinajstić information content (AvgIpc) is 2.46. The number of carbonyl (C=O) groups excluding carboxylic acids is 1. The Morgan fingerprint density at radius 3 is 3.17 bits per heavy atom. The van der Waals surface area contributed by atoms with Gasteiger partial charge in [-0.1, -0.05) is 11.8 Å². The number of hydrogen-bond acceptors (Lipinski definition) is 4. The van der Waals surface area contributed by atoms with Gasteiger partial charge in [-0.15, -0.1) is 0 Å². The van der Waals surface area contributed by atoms with Crippen molar-refractivity contribution >= 4 is 23.3 Å². The maximum Gasteiger partial charge on any atom is 0.201 e. The molecule has 4 heteroatoms. The summed E-state index contributed by atoms with van der Waals surface area (Å²) in [7, 11) is 1.60. The second-order valence-corrected chi connectivity index (χ2v) is 3.50. The molecule has 0 aromatic heterocycles. The highest BCUT2D eigenvalue weighted by Crippen LogP contribution is 2.33. The number of rotatable bonds is 1. The molecule has 2 rings (SSSR count). The van der Waals surface area contributed by atoms with Crippen LogP contribution >= 0.6 is 11.8 Å². The Morgan fingerprint density at radius 1 is 1.58 bits per heavy atom. The molecule has 0 aromatic carbocycles. The summed E-state index contributed by atoms with van der Waals surface area (Å²) >= 11 is 1.46. The van der Waals surface area contributed by atoms with Crippen molar-refractivity contribution in [2.75, 3.05) is 7.11 Å². The van der Waals surface area contributed by atoms with E-state index in [1.165, 1.54) is 17.8 Å². The van der Waals surface area contributed by atoms with Crippen molar-refractivity contribution in [2.24, 2.45) is 4.99 Å². The second kappa shape index (κ2) is 2.88. The first-order valence-corrected chi connectivity index (χ1v) is 4.39. The zero-order valence-corrected chi connectivity index (χ0v) is 7.30. The van der Waals surface area contributed by atoms with Crippen LogP contribution < -0.4 is 0 Å². The number of aliphatic imine (C=N–C) groups is 1. The Morgan fingerprint density at radius 2 is 2.42 bits per heavy atom. The van der Waals surface area contributed by atoms with Crippen molar-refractivity contribution in [1.82, 2.24) is 0 Å². The molecule has 12 heavy (non-hydrogen) atoms. The molecule has 0 bridgehead atoms. The molecule has 62 valence electrons. The lowest BCUT2D eigenvalue weighted by molar-refractivity contribution is -0.110. The van der Waals surface area contributed by atoms with Crippen molar-refractivity contribution in [3.05, 3.63) is 23.1 Å². The minimum Gasteiger partial charge on any atom is -0.350 e. The lowest BCUT2D eigenvalue weighted by Gasteiger charge is -2.01. The molecule has 0 saturated carbocycles. The summed E-state index contributed by atoms with van der Waals surface area (Å²) in [5, 5.41) is 0. The number of methoxy groups -OCH3 is 1. The van der Waals surface area contributed by atoms with Crippen molar-refractivity contribution in [3.63, 3.8) is 0 Å². The van der Waals surface area contributed by atoms with Crippen LogP contribution in [0.2, 0.25) is 0 Å². The third kappa shape index (κ3) is 1.23. The van der Waals surface area contributed by atoms with Gasteiger partial charge in [-0.05, 0) is 12.2 Å². The molecule has 0 spiro atoms. The van der Waals surface area contributed by atoms with Crippen LogP contribution in [0.4, 0.5) is 0 Å². The molecule has 0 amide bonds. The van der Waals surface area contributed by atoms with Crippen LogP contribution in [0.5, 0.6) is 0 Å². The number of hydrogen-bond donors (Lipinski definition) is 0. The van der Waals surface area contributed by atoms with E-state index in [-0.39, 0.29) is 11.3 Å². The molecule has 1 atom stereocenters. The van der Waals surface area contributed by atoms with E-state index in [0.29, 0.717) is 0 Å². The monoisotopic (exact) mass is 181 g/mol. The van der Waals surface area contributed by atoms with Gasteiger partial charge in [-0.2, -0.15) is 0 Å². The van der Waals surface area contributed by atoms with Crippen LogP contribution in [-0.4, -0.2) is 24.2 Å². The largest absolute Gasteiger partial charge is 0.350 e. The van der Waals surface area contributed by atoms with Crippen molar-refractivity contribution < 1.29 is 9.53 Å². The van der Waals surface area contributed by atoms with Crippen LogP contribution in [0.3, 0.4) is 0 Å². The molecule has 1 aliphatic carbocycles. The highest BCUT2D eigenvalue weighted by molar-refractivity contribution is 8.04. The number of ketones is 1. The average molecular weight is 181 g/mol. The van der Waals surface area contributed by atoms with Crippen molar-refractivity contribution in [3.8, 4) is 0 Å². The zero-order valence-electron chi connectivity index (χ0n) is 6.48. The molecule has 1 aliphatic heterocycles. The van der Waals surface area contributed by atoms with Crippen LogP contribution in [0.1, 0.15) is 0 Å². The third-order valence-corrected chi connectivity index (χ3v) is 2.69. The Balaban J connectivity index is 2.29. The first-order valence-electron chi connectivity index (χ1n) is 3.51. The maximum absolute atomic E-state index is 10.9. The fraction of sp³-hybridized carbons (Fsp3) is 0.250. The van der Waals surface area contributed by atoms with Crippen LogP contribution in [0, 0.1) is 0 Å². The van der Waals surface area contributed by atoms with Gasteiger partial charge in [0.15, 0.2) is 5.78 Å². The van der Waals surface area contributed by atoms with Gasteiger partial charge in [-0.25, -0.2) is 4.99 Å². The normalized spacial score (nSPS) is 26.8. The van der Waals surface area contributed by atoms with E-state index in [0.717, 1.165) is 10.6 Å². The lowest BCUT2D eigenvalue weighted by atomic mass is 10.1. The first kappa shape index (κ1) is 7.76. The van der Waals surface area contributed by atoms with Gasteiger partial charge >= 0.3 is 0 Å². The van der Waals surface area contributed by atoms with Gasteiger partial charge in [0.1, 0.15) is 0 Å². The van der Waals surface area contributed by atoms with Crippen LogP contribution in [0.15, 0.2) is 28.1 Å². The second-order valence-electron chi connectivity index (χ2n) is 2.42. The number of ether oxygens (including phenoxy) is 1. The summed E-state index contributed by atoms with van der Waals surface area (Å²) in [6, 6.07) is 0. The van der Waals surface area contributed by atoms with Gasteiger partial charge < -0.3 is 4.74 Å². The Hall–Kier alpha value is -0.870. The Bertz CT molecular complexity index is 317. The highest BCUT2D eigenvalue weighted by atomic mass is 32.2. The summed E-state index contributed by atoms with van der Waals surface area (Å²) in [6.07, 6.45) is 4.83. The summed E-state index contributed by atoms with van der Waals surface area (Å²) < 4.78 is 5.03. The number of fused-ring (bicyclic) bond motifs is 1. The van der Waals surface area contributed by atoms with Crippen LogP contribution in [0.25, 0.3) is 0 Å². The number of nitrogens with zero attached hydrogens (tertiary/aromatic N) is 1. The van der Waals surface area contributed by atoms with Crippen molar-refractivity contribution in [1.29, 1.82) is 0 Å². The first-order chi connectivity index (χ1) is 5.79. The van der Waals surface area contributed by atoms with Gasteiger partial charge in [0.05, 0.1) is 5.71 Å². The fourth-order valence-corrected chi connectivity index (χ4v) is 1.95. The van der Waals surface area contributed by atoms with E-state index in [9.17, 15) is 4.79 Å². The van der Waals surface area contributed by atoms with Crippen LogP contribution in [-0.2, 0) is 9.53 Å².